The predicted molar refractivity (Wildman–Crippen MR) is 111 cm³/mol. The van der Waals surface area contributed by atoms with Crippen LogP contribution in [0, 0.1) is 26.7 Å². The third-order valence-electron chi connectivity index (χ3n) is 6.52. The van der Waals surface area contributed by atoms with Crippen molar-refractivity contribution in [2.75, 3.05) is 26.2 Å². The van der Waals surface area contributed by atoms with Gasteiger partial charge in [0.05, 0.1) is 5.69 Å². The van der Waals surface area contributed by atoms with Crippen LogP contribution in [0.5, 0.6) is 0 Å². The molecule has 2 aromatic heterocycles. The number of nitrogens with zero attached hydrogens (tertiary/aromatic N) is 5. The maximum absolute atomic E-state index is 12.8. The number of hydrogen-bond acceptors (Lipinski definition) is 4. The molecular weight excluding hydrogens is 366 g/mol. The van der Waals surface area contributed by atoms with Crippen LogP contribution < -0.4 is 0 Å². The van der Waals surface area contributed by atoms with Gasteiger partial charge in [-0.3, -0.25) is 9.59 Å². The fourth-order valence-electron chi connectivity index (χ4n) is 4.80. The van der Waals surface area contributed by atoms with Gasteiger partial charge >= 0.3 is 0 Å². The summed E-state index contributed by atoms with van der Waals surface area (Å²) >= 11 is 0. The van der Waals surface area contributed by atoms with Gasteiger partial charge in [0.25, 0.3) is 0 Å². The largest absolute Gasteiger partial charge is 0.339 e. The van der Waals surface area contributed by atoms with Gasteiger partial charge in [0, 0.05) is 56.0 Å². The van der Waals surface area contributed by atoms with Gasteiger partial charge < -0.3 is 9.80 Å². The molecule has 1 saturated carbocycles. The van der Waals surface area contributed by atoms with Gasteiger partial charge in [0.15, 0.2) is 5.65 Å². The van der Waals surface area contributed by atoms with Gasteiger partial charge in [0.2, 0.25) is 11.8 Å². The van der Waals surface area contributed by atoms with Crippen molar-refractivity contribution >= 4 is 17.5 Å². The van der Waals surface area contributed by atoms with E-state index in [1.807, 2.05) is 41.2 Å². The van der Waals surface area contributed by atoms with Gasteiger partial charge in [-0.25, -0.2) is 9.50 Å². The molecule has 0 unspecified atom stereocenters. The number of aromatic nitrogens is 3. The molecule has 2 fully saturated rings. The summed E-state index contributed by atoms with van der Waals surface area (Å²) in [6, 6.07) is 1.97. The molecule has 1 aliphatic carbocycles. The summed E-state index contributed by atoms with van der Waals surface area (Å²) in [7, 11) is 0. The van der Waals surface area contributed by atoms with E-state index in [1.54, 1.807) is 0 Å². The third-order valence-corrected chi connectivity index (χ3v) is 6.52. The number of carbonyl (C=O) groups excluding carboxylic acids is 2. The fourth-order valence-corrected chi connectivity index (χ4v) is 4.80. The topological polar surface area (TPSA) is 70.8 Å². The lowest BCUT2D eigenvalue weighted by atomic mass is 10.0. The molecule has 2 amide bonds. The first-order valence-electron chi connectivity index (χ1n) is 10.8. The third kappa shape index (κ3) is 4.00. The molecule has 3 heterocycles. The van der Waals surface area contributed by atoms with E-state index in [9.17, 15) is 9.59 Å². The maximum Gasteiger partial charge on any atom is 0.225 e. The zero-order valence-corrected chi connectivity index (χ0v) is 17.8. The molecule has 0 bridgehead atoms. The SMILES string of the molecule is Cc1cc2nc(C)c(CCC(=O)N3CCN(C(=O)C4CCCC4)CC3)c(C)n2n1. The van der Waals surface area contributed by atoms with Gasteiger partial charge in [0.1, 0.15) is 0 Å². The molecule has 7 heteroatoms. The van der Waals surface area contributed by atoms with Gasteiger partial charge in [-0.2, -0.15) is 5.10 Å². The number of aryl methyl sites for hydroxylation is 3. The Morgan fingerprint density at radius 1 is 1.03 bits per heavy atom. The second-order valence-corrected chi connectivity index (χ2v) is 8.50. The van der Waals surface area contributed by atoms with Gasteiger partial charge in [-0.15, -0.1) is 0 Å². The summed E-state index contributed by atoms with van der Waals surface area (Å²) in [6.07, 6.45) is 5.54. The summed E-state index contributed by atoms with van der Waals surface area (Å²) in [4.78, 5) is 33.9. The van der Waals surface area contributed by atoms with Gasteiger partial charge in [-0.05, 0) is 45.6 Å². The Morgan fingerprint density at radius 3 is 2.38 bits per heavy atom. The highest BCUT2D eigenvalue weighted by Gasteiger charge is 2.30. The Labute approximate surface area is 172 Å². The van der Waals surface area contributed by atoms with Crippen molar-refractivity contribution in [3.8, 4) is 0 Å². The summed E-state index contributed by atoms with van der Waals surface area (Å²) in [5, 5.41) is 4.51. The molecule has 4 rings (SSSR count). The second kappa shape index (κ2) is 8.13. The number of hydrogen-bond donors (Lipinski definition) is 0. The number of amides is 2. The fraction of sp³-hybridized carbons (Fsp3) is 0.636. The summed E-state index contributed by atoms with van der Waals surface area (Å²) in [5.74, 6) is 0.680. The van der Waals surface area contributed by atoms with Crippen LogP contribution in [0.25, 0.3) is 5.65 Å². The minimum atomic E-state index is 0.161. The Morgan fingerprint density at radius 2 is 1.69 bits per heavy atom. The van der Waals surface area contributed by atoms with Crippen LogP contribution in [0.15, 0.2) is 6.07 Å². The Balaban J connectivity index is 1.34. The van der Waals surface area contributed by atoms with Crippen LogP contribution in [0.1, 0.15) is 54.7 Å². The van der Waals surface area contributed by atoms with E-state index in [4.69, 9.17) is 0 Å². The number of rotatable bonds is 4. The van der Waals surface area contributed by atoms with Crippen LogP contribution in [-0.4, -0.2) is 62.4 Å². The molecule has 0 aromatic carbocycles. The molecule has 0 spiro atoms. The number of carbonyl (C=O) groups is 2. The number of fused-ring (bicyclic) bond motifs is 1. The highest BCUT2D eigenvalue weighted by atomic mass is 16.2. The second-order valence-electron chi connectivity index (χ2n) is 8.50. The average molecular weight is 398 g/mol. The van der Waals surface area contributed by atoms with Crippen molar-refractivity contribution in [1.29, 1.82) is 0 Å². The summed E-state index contributed by atoms with van der Waals surface area (Å²) in [6.45, 7) is 8.63. The van der Waals surface area contributed by atoms with E-state index in [0.29, 0.717) is 44.9 Å². The summed E-state index contributed by atoms with van der Waals surface area (Å²) < 4.78 is 1.87. The summed E-state index contributed by atoms with van der Waals surface area (Å²) in [5.41, 5.74) is 4.92. The molecule has 0 atom stereocenters. The first kappa shape index (κ1) is 19.9. The smallest absolute Gasteiger partial charge is 0.225 e. The number of piperazine rings is 1. The standard InChI is InChI=1S/C22H31N5O2/c1-15-14-20-23-16(2)19(17(3)27(20)24-15)8-9-21(28)25-10-12-26(13-11-25)22(29)18-6-4-5-7-18/h14,18H,4-13H2,1-3H3. The first-order chi connectivity index (χ1) is 13.9. The molecule has 0 N–H and O–H groups in total. The quantitative estimate of drug-likeness (QED) is 0.795. The molecule has 156 valence electrons. The maximum atomic E-state index is 12.8. The van der Waals surface area contributed by atoms with E-state index in [1.165, 1.54) is 12.8 Å². The lowest BCUT2D eigenvalue weighted by molar-refractivity contribution is -0.142. The van der Waals surface area contributed by atoms with Gasteiger partial charge in [-0.1, -0.05) is 12.8 Å². The predicted octanol–water partition coefficient (Wildman–Crippen LogP) is 2.45. The van der Waals surface area contributed by atoms with E-state index in [0.717, 1.165) is 41.1 Å². The lowest BCUT2D eigenvalue weighted by Crippen LogP contribution is -2.51. The molecule has 2 aliphatic rings. The molecule has 7 nitrogen and oxygen atoms in total. The van der Waals surface area contributed by atoms with Crippen LogP contribution in [0.2, 0.25) is 0 Å². The van der Waals surface area contributed by atoms with E-state index in [2.05, 4.69) is 10.1 Å². The van der Waals surface area contributed by atoms with Crippen molar-refractivity contribution in [2.24, 2.45) is 5.92 Å². The molecule has 0 radical (unpaired) electrons. The molecule has 2 aromatic rings. The van der Waals surface area contributed by atoms with Crippen LogP contribution in [0.3, 0.4) is 0 Å². The average Bonchev–Trinajstić information content (AvgIpc) is 3.37. The Bertz CT molecular complexity index is 921. The highest BCUT2D eigenvalue weighted by molar-refractivity contribution is 5.80. The Kier molecular flexibility index (Phi) is 5.56. The minimum Gasteiger partial charge on any atom is -0.339 e. The lowest BCUT2D eigenvalue weighted by Gasteiger charge is -2.36. The van der Waals surface area contributed by atoms with Crippen molar-refractivity contribution in [3.63, 3.8) is 0 Å². The van der Waals surface area contributed by atoms with E-state index >= 15 is 0 Å². The normalized spacial score (nSPS) is 18.0. The van der Waals surface area contributed by atoms with Crippen molar-refractivity contribution in [3.05, 3.63) is 28.7 Å². The molecule has 1 saturated heterocycles. The van der Waals surface area contributed by atoms with Crippen LogP contribution >= 0.6 is 0 Å². The van der Waals surface area contributed by atoms with Crippen LogP contribution in [0.4, 0.5) is 0 Å². The van der Waals surface area contributed by atoms with E-state index < -0.39 is 0 Å². The zero-order chi connectivity index (χ0) is 20.5. The van der Waals surface area contributed by atoms with Crippen molar-refractivity contribution < 1.29 is 9.59 Å². The molecular formula is C22H31N5O2. The molecule has 1 aliphatic heterocycles. The first-order valence-corrected chi connectivity index (χ1v) is 10.8. The monoisotopic (exact) mass is 397 g/mol. The Hall–Kier alpha value is -2.44. The molecule has 29 heavy (non-hydrogen) atoms. The zero-order valence-electron chi connectivity index (χ0n) is 17.8. The highest BCUT2D eigenvalue weighted by Crippen LogP contribution is 2.27. The minimum absolute atomic E-state index is 0.161. The van der Waals surface area contributed by atoms with Crippen LogP contribution in [-0.2, 0) is 16.0 Å². The van der Waals surface area contributed by atoms with E-state index in [-0.39, 0.29) is 11.8 Å². The van der Waals surface area contributed by atoms with Crippen molar-refractivity contribution in [1.82, 2.24) is 24.4 Å². The van der Waals surface area contributed by atoms with Crippen molar-refractivity contribution in [2.45, 2.75) is 59.3 Å².